The summed E-state index contributed by atoms with van der Waals surface area (Å²) in [6.07, 6.45) is -0.804. The van der Waals surface area contributed by atoms with Crippen molar-refractivity contribution in [1.29, 1.82) is 0 Å². The van der Waals surface area contributed by atoms with Gasteiger partial charge >= 0.3 is 5.97 Å². The monoisotopic (exact) mass is 186 g/mol. The van der Waals surface area contributed by atoms with E-state index >= 15 is 0 Å². The van der Waals surface area contributed by atoms with Crippen LogP contribution in [0.15, 0.2) is 16.8 Å². The lowest BCUT2D eigenvalue weighted by Crippen LogP contribution is -2.14. The Morgan fingerprint density at radius 3 is 3.00 bits per heavy atom. The molecule has 0 aliphatic carbocycles. The summed E-state index contributed by atoms with van der Waals surface area (Å²) in [4.78, 5) is 10.7. The highest BCUT2D eigenvalue weighted by Gasteiger charge is 2.19. The van der Waals surface area contributed by atoms with Gasteiger partial charge in [-0.15, -0.1) is 0 Å². The average Bonchev–Trinajstić information content (AvgIpc) is 2.51. The number of aliphatic carboxylic acids is 1. The standard InChI is InChI=1S/C8H10O3S/c1-2-11-7(8(9)10)6-3-4-12-5-6/h3-5,7H,2H2,1H3,(H,9,10). The van der Waals surface area contributed by atoms with Crippen LogP contribution in [-0.4, -0.2) is 17.7 Å². The highest BCUT2D eigenvalue weighted by atomic mass is 32.1. The Morgan fingerprint density at radius 2 is 2.58 bits per heavy atom. The second-order valence-electron chi connectivity index (χ2n) is 2.23. The zero-order chi connectivity index (χ0) is 8.97. The molecule has 0 aromatic carbocycles. The van der Waals surface area contributed by atoms with Crippen LogP contribution in [0.5, 0.6) is 0 Å². The number of carboxylic acids is 1. The maximum absolute atomic E-state index is 10.7. The van der Waals surface area contributed by atoms with Crippen molar-refractivity contribution in [2.24, 2.45) is 0 Å². The van der Waals surface area contributed by atoms with Crippen LogP contribution in [0.2, 0.25) is 0 Å². The van der Waals surface area contributed by atoms with Gasteiger partial charge in [0.05, 0.1) is 0 Å². The van der Waals surface area contributed by atoms with Crippen molar-refractivity contribution in [2.45, 2.75) is 13.0 Å². The van der Waals surface area contributed by atoms with E-state index in [2.05, 4.69) is 0 Å². The second kappa shape index (κ2) is 4.23. The zero-order valence-electron chi connectivity index (χ0n) is 6.69. The van der Waals surface area contributed by atoms with Crippen LogP contribution in [0.25, 0.3) is 0 Å². The Kier molecular flexibility index (Phi) is 3.25. The molecule has 0 aliphatic heterocycles. The first kappa shape index (κ1) is 9.22. The number of carbonyl (C=O) groups is 1. The Hall–Kier alpha value is -0.870. The molecule has 1 unspecified atom stereocenters. The highest BCUT2D eigenvalue weighted by molar-refractivity contribution is 7.08. The quantitative estimate of drug-likeness (QED) is 0.781. The maximum atomic E-state index is 10.7. The normalized spacial score (nSPS) is 12.8. The molecule has 3 nitrogen and oxygen atoms in total. The smallest absolute Gasteiger partial charge is 0.337 e. The average molecular weight is 186 g/mol. The summed E-state index contributed by atoms with van der Waals surface area (Å²) in [5.41, 5.74) is 0.717. The molecule has 66 valence electrons. The van der Waals surface area contributed by atoms with E-state index in [1.54, 1.807) is 18.4 Å². The molecule has 1 aromatic rings. The van der Waals surface area contributed by atoms with Crippen LogP contribution in [0.1, 0.15) is 18.6 Å². The van der Waals surface area contributed by atoms with Crippen molar-refractivity contribution >= 4 is 17.3 Å². The number of carboxylic acid groups (broad SMARTS) is 1. The summed E-state index contributed by atoms with van der Waals surface area (Å²) in [5.74, 6) is -0.935. The first-order valence-corrected chi connectivity index (χ1v) is 4.56. The molecule has 1 N–H and O–H groups in total. The molecular weight excluding hydrogens is 176 g/mol. The minimum Gasteiger partial charge on any atom is -0.479 e. The number of hydrogen-bond donors (Lipinski definition) is 1. The van der Waals surface area contributed by atoms with Crippen molar-refractivity contribution in [3.8, 4) is 0 Å². The van der Waals surface area contributed by atoms with Gasteiger partial charge in [-0.2, -0.15) is 11.3 Å². The van der Waals surface area contributed by atoms with Crippen molar-refractivity contribution in [3.05, 3.63) is 22.4 Å². The molecule has 0 saturated heterocycles. The molecule has 0 fully saturated rings. The van der Waals surface area contributed by atoms with Crippen molar-refractivity contribution in [1.82, 2.24) is 0 Å². The van der Waals surface area contributed by atoms with Gasteiger partial charge in [-0.25, -0.2) is 4.79 Å². The summed E-state index contributed by atoms with van der Waals surface area (Å²) in [6, 6.07) is 1.76. The Morgan fingerprint density at radius 1 is 1.83 bits per heavy atom. The van der Waals surface area contributed by atoms with Gasteiger partial charge in [0.15, 0.2) is 6.10 Å². The van der Waals surface area contributed by atoms with E-state index in [0.717, 1.165) is 0 Å². The van der Waals surface area contributed by atoms with E-state index in [-0.39, 0.29) is 0 Å². The molecule has 1 atom stereocenters. The van der Waals surface area contributed by atoms with Crippen molar-refractivity contribution in [3.63, 3.8) is 0 Å². The number of ether oxygens (including phenoxy) is 1. The fraction of sp³-hybridized carbons (Fsp3) is 0.375. The number of thiophene rings is 1. The minimum atomic E-state index is -0.935. The summed E-state index contributed by atoms with van der Waals surface area (Å²) in [5, 5.41) is 12.4. The van der Waals surface area contributed by atoms with Crippen molar-refractivity contribution in [2.75, 3.05) is 6.61 Å². The SMILES string of the molecule is CCOC(C(=O)O)c1ccsc1. The summed E-state index contributed by atoms with van der Waals surface area (Å²) < 4.78 is 5.05. The Bertz CT molecular complexity index is 243. The van der Waals surface area contributed by atoms with E-state index in [0.29, 0.717) is 12.2 Å². The van der Waals surface area contributed by atoms with Gasteiger partial charge in [0.25, 0.3) is 0 Å². The van der Waals surface area contributed by atoms with E-state index in [1.165, 1.54) is 11.3 Å². The summed E-state index contributed by atoms with van der Waals surface area (Å²) in [7, 11) is 0. The van der Waals surface area contributed by atoms with Gasteiger partial charge in [-0.05, 0) is 23.8 Å². The third-order valence-corrected chi connectivity index (χ3v) is 2.11. The molecule has 0 radical (unpaired) electrons. The zero-order valence-corrected chi connectivity index (χ0v) is 7.50. The first-order chi connectivity index (χ1) is 5.75. The fourth-order valence-corrected chi connectivity index (χ4v) is 1.57. The molecule has 0 aliphatic rings. The van der Waals surface area contributed by atoms with Crippen LogP contribution in [0.3, 0.4) is 0 Å². The van der Waals surface area contributed by atoms with Crippen LogP contribution in [0.4, 0.5) is 0 Å². The maximum Gasteiger partial charge on any atom is 0.337 e. The molecule has 0 saturated carbocycles. The van der Waals surface area contributed by atoms with Crippen LogP contribution in [-0.2, 0) is 9.53 Å². The number of rotatable bonds is 4. The molecule has 1 rings (SSSR count). The van der Waals surface area contributed by atoms with Gasteiger partial charge in [0, 0.05) is 12.2 Å². The highest BCUT2D eigenvalue weighted by Crippen LogP contribution is 2.19. The van der Waals surface area contributed by atoms with Crippen LogP contribution < -0.4 is 0 Å². The molecule has 0 bridgehead atoms. The first-order valence-electron chi connectivity index (χ1n) is 3.62. The van der Waals surface area contributed by atoms with E-state index in [9.17, 15) is 4.79 Å². The predicted molar refractivity (Wildman–Crippen MR) is 46.3 cm³/mol. The van der Waals surface area contributed by atoms with Crippen LogP contribution in [0, 0.1) is 0 Å². The van der Waals surface area contributed by atoms with Gasteiger partial charge in [-0.3, -0.25) is 0 Å². The Labute approximate surface area is 74.6 Å². The predicted octanol–water partition coefficient (Wildman–Crippen LogP) is 1.91. The van der Waals surface area contributed by atoms with Gasteiger partial charge in [0.1, 0.15) is 0 Å². The lowest BCUT2D eigenvalue weighted by atomic mass is 10.2. The number of hydrogen-bond acceptors (Lipinski definition) is 3. The van der Waals surface area contributed by atoms with Gasteiger partial charge in [0.2, 0.25) is 0 Å². The molecule has 1 heterocycles. The molecule has 1 aromatic heterocycles. The van der Waals surface area contributed by atoms with Crippen molar-refractivity contribution < 1.29 is 14.6 Å². The largest absolute Gasteiger partial charge is 0.479 e. The third-order valence-electron chi connectivity index (χ3n) is 1.40. The lowest BCUT2D eigenvalue weighted by Gasteiger charge is -2.09. The topological polar surface area (TPSA) is 46.5 Å². The van der Waals surface area contributed by atoms with E-state index in [4.69, 9.17) is 9.84 Å². The molecule has 4 heteroatoms. The fourth-order valence-electron chi connectivity index (χ4n) is 0.901. The minimum absolute atomic E-state index is 0.410. The summed E-state index contributed by atoms with van der Waals surface area (Å²) >= 11 is 1.47. The van der Waals surface area contributed by atoms with Crippen LogP contribution >= 0.6 is 11.3 Å². The molecular formula is C8H10O3S. The summed E-state index contributed by atoms with van der Waals surface area (Å²) in [6.45, 7) is 2.19. The molecule has 0 spiro atoms. The van der Waals surface area contributed by atoms with E-state index in [1.807, 2.05) is 5.38 Å². The lowest BCUT2D eigenvalue weighted by molar-refractivity contribution is -0.150. The van der Waals surface area contributed by atoms with Gasteiger partial charge < -0.3 is 9.84 Å². The molecule has 0 amide bonds. The van der Waals surface area contributed by atoms with Gasteiger partial charge in [-0.1, -0.05) is 0 Å². The third kappa shape index (κ3) is 2.06. The molecule has 12 heavy (non-hydrogen) atoms. The van der Waals surface area contributed by atoms with E-state index < -0.39 is 12.1 Å². The second-order valence-corrected chi connectivity index (χ2v) is 3.01. The Balaban J connectivity index is 2.73.